The van der Waals surface area contributed by atoms with Crippen molar-refractivity contribution in [1.82, 2.24) is 25.3 Å². The van der Waals surface area contributed by atoms with Gasteiger partial charge in [-0.25, -0.2) is 9.97 Å². The average molecular weight is 314 g/mol. The predicted octanol–water partition coefficient (Wildman–Crippen LogP) is 1.29. The van der Waals surface area contributed by atoms with Gasteiger partial charge in [-0.3, -0.25) is 4.79 Å². The number of aromatic amines is 2. The number of carbonyl (C=O) groups is 1. The number of nitrogens with one attached hydrogen (secondary N) is 3. The first-order valence-electron chi connectivity index (χ1n) is 6.95. The quantitative estimate of drug-likeness (QED) is 0.549. The van der Waals surface area contributed by atoms with Gasteiger partial charge in [0.2, 0.25) is 0 Å². The third kappa shape index (κ3) is 2.12. The van der Waals surface area contributed by atoms with E-state index in [0.29, 0.717) is 24.5 Å². The Hall–Kier alpha value is -2.48. The number of aromatic nitrogens is 4. The molecule has 0 fully saturated rings. The highest BCUT2D eigenvalue weighted by molar-refractivity contribution is 7.81. The van der Waals surface area contributed by atoms with Crippen molar-refractivity contribution in [3.05, 3.63) is 42.1 Å². The van der Waals surface area contributed by atoms with Crippen molar-refractivity contribution in [2.24, 2.45) is 0 Å². The largest absolute Gasteiger partial charge is 0.342 e. The number of carbonyl (C=O) groups excluding carboxylic acids is 1. The molecule has 1 amide bonds. The molecule has 0 radical (unpaired) electrons. The van der Waals surface area contributed by atoms with E-state index in [1.165, 1.54) is 6.33 Å². The lowest BCUT2D eigenvalue weighted by atomic mass is 10.3. The maximum atomic E-state index is 11.8. The number of benzene rings is 1. The fourth-order valence-electron chi connectivity index (χ4n) is 2.63. The number of nitrogens with zero attached hydrogens (tertiary/aromatic N) is 3. The molecule has 3 N–H and O–H groups in total. The van der Waals surface area contributed by atoms with E-state index in [1.807, 2.05) is 29.2 Å². The van der Waals surface area contributed by atoms with Crippen LogP contribution in [-0.2, 0) is 6.42 Å². The highest BCUT2D eigenvalue weighted by atomic mass is 32.1. The fraction of sp³-hybridized carbons (Fsp3) is 0.214. The van der Waals surface area contributed by atoms with Gasteiger partial charge in [0.1, 0.15) is 17.0 Å². The maximum absolute atomic E-state index is 11.8. The second kappa shape index (κ2) is 5.06. The molecule has 22 heavy (non-hydrogen) atoms. The highest BCUT2D eigenvalue weighted by Crippen LogP contribution is 2.24. The van der Waals surface area contributed by atoms with Crippen LogP contribution in [0, 0.1) is 0 Å². The maximum Gasteiger partial charge on any atom is 0.273 e. The standard InChI is InChI=1S/C14H14N6OS/c21-13-11-12(16-7-15-11)20(14(22)19-13)6-5-10-17-8-3-1-2-4-9(8)18-10/h1-4,7,14,22H,5-6H2,(H,15,16)(H,17,18)(H,19,21). The predicted molar refractivity (Wildman–Crippen MR) is 86.0 cm³/mol. The average Bonchev–Trinajstić information content (AvgIpc) is 3.13. The van der Waals surface area contributed by atoms with Crippen molar-refractivity contribution >= 4 is 35.4 Å². The third-order valence-electron chi connectivity index (χ3n) is 3.70. The minimum Gasteiger partial charge on any atom is -0.342 e. The van der Waals surface area contributed by atoms with Crippen LogP contribution in [0.3, 0.4) is 0 Å². The van der Waals surface area contributed by atoms with Gasteiger partial charge in [0.15, 0.2) is 5.82 Å². The van der Waals surface area contributed by atoms with Gasteiger partial charge in [0.05, 0.1) is 17.4 Å². The van der Waals surface area contributed by atoms with Crippen LogP contribution >= 0.6 is 12.6 Å². The summed E-state index contributed by atoms with van der Waals surface area (Å²) in [4.78, 5) is 28.7. The van der Waals surface area contributed by atoms with Gasteiger partial charge in [0, 0.05) is 13.0 Å². The smallest absolute Gasteiger partial charge is 0.273 e. The fourth-order valence-corrected chi connectivity index (χ4v) is 2.98. The minimum absolute atomic E-state index is 0.188. The Labute approximate surface area is 131 Å². The Morgan fingerprint density at radius 2 is 2.18 bits per heavy atom. The first-order valence-corrected chi connectivity index (χ1v) is 7.46. The number of H-pyrrole nitrogens is 2. The van der Waals surface area contributed by atoms with E-state index in [1.54, 1.807) is 0 Å². The van der Waals surface area contributed by atoms with Gasteiger partial charge in [-0.15, -0.1) is 12.6 Å². The van der Waals surface area contributed by atoms with Gasteiger partial charge in [-0.05, 0) is 12.1 Å². The Bertz CT molecular complexity index is 808. The molecule has 0 spiro atoms. The zero-order chi connectivity index (χ0) is 15.1. The number of anilines is 1. The first kappa shape index (κ1) is 13.2. The third-order valence-corrected chi connectivity index (χ3v) is 4.11. The van der Waals surface area contributed by atoms with Crippen LogP contribution in [0.2, 0.25) is 0 Å². The summed E-state index contributed by atoms with van der Waals surface area (Å²) in [6.45, 7) is 0.645. The topological polar surface area (TPSA) is 89.7 Å². The van der Waals surface area contributed by atoms with Crippen molar-refractivity contribution < 1.29 is 4.79 Å². The van der Waals surface area contributed by atoms with Gasteiger partial charge in [0.25, 0.3) is 5.91 Å². The summed E-state index contributed by atoms with van der Waals surface area (Å²) in [5.74, 6) is 1.34. The van der Waals surface area contributed by atoms with Crippen LogP contribution in [0.4, 0.5) is 5.82 Å². The number of amides is 1. The van der Waals surface area contributed by atoms with E-state index in [-0.39, 0.29) is 5.91 Å². The molecule has 7 nitrogen and oxygen atoms in total. The van der Waals surface area contributed by atoms with Crippen molar-refractivity contribution in [3.63, 3.8) is 0 Å². The number of fused-ring (bicyclic) bond motifs is 2. The summed E-state index contributed by atoms with van der Waals surface area (Å²) in [7, 11) is 0. The molecule has 3 aromatic rings. The van der Waals surface area contributed by atoms with E-state index in [4.69, 9.17) is 0 Å². The molecule has 112 valence electrons. The van der Waals surface area contributed by atoms with Gasteiger partial charge in [-0.2, -0.15) is 0 Å². The van der Waals surface area contributed by atoms with Crippen LogP contribution in [0.5, 0.6) is 0 Å². The monoisotopic (exact) mass is 314 g/mol. The molecule has 3 heterocycles. The van der Waals surface area contributed by atoms with Gasteiger partial charge in [-0.1, -0.05) is 12.1 Å². The lowest BCUT2D eigenvalue weighted by Crippen LogP contribution is -2.50. The molecule has 8 heteroatoms. The number of imidazole rings is 2. The van der Waals surface area contributed by atoms with Crippen LogP contribution in [-0.4, -0.2) is 37.9 Å². The van der Waals surface area contributed by atoms with Crippen molar-refractivity contribution in [2.75, 3.05) is 11.4 Å². The van der Waals surface area contributed by atoms with E-state index in [2.05, 4.69) is 37.9 Å². The van der Waals surface area contributed by atoms with Crippen molar-refractivity contribution in [1.29, 1.82) is 0 Å². The lowest BCUT2D eigenvalue weighted by molar-refractivity contribution is 0.0938. The summed E-state index contributed by atoms with van der Waals surface area (Å²) in [6.07, 6.45) is 2.22. The van der Waals surface area contributed by atoms with E-state index in [0.717, 1.165) is 16.9 Å². The van der Waals surface area contributed by atoms with Crippen molar-refractivity contribution in [3.8, 4) is 0 Å². The highest BCUT2D eigenvalue weighted by Gasteiger charge is 2.30. The minimum atomic E-state index is -0.396. The van der Waals surface area contributed by atoms with E-state index in [9.17, 15) is 4.79 Å². The van der Waals surface area contributed by atoms with Crippen LogP contribution in [0.15, 0.2) is 30.6 Å². The summed E-state index contributed by atoms with van der Waals surface area (Å²) >= 11 is 4.42. The van der Waals surface area contributed by atoms with E-state index < -0.39 is 5.50 Å². The van der Waals surface area contributed by atoms with E-state index >= 15 is 0 Å². The zero-order valence-electron chi connectivity index (χ0n) is 11.6. The molecule has 0 bridgehead atoms. The van der Waals surface area contributed by atoms with Crippen LogP contribution in [0.1, 0.15) is 16.3 Å². The second-order valence-electron chi connectivity index (χ2n) is 5.09. The number of rotatable bonds is 3. The molecular weight excluding hydrogens is 300 g/mol. The molecule has 0 saturated heterocycles. The molecule has 4 rings (SSSR count). The summed E-state index contributed by atoms with van der Waals surface area (Å²) in [5.41, 5.74) is 2.04. The summed E-state index contributed by atoms with van der Waals surface area (Å²) < 4.78 is 0. The first-order chi connectivity index (χ1) is 10.7. The lowest BCUT2D eigenvalue weighted by Gasteiger charge is -2.33. The van der Waals surface area contributed by atoms with Gasteiger partial charge >= 0.3 is 0 Å². The molecule has 1 aliphatic heterocycles. The summed E-state index contributed by atoms with van der Waals surface area (Å²) in [5, 5.41) is 2.78. The Kier molecular flexibility index (Phi) is 3.04. The molecular formula is C14H14N6OS. The summed E-state index contributed by atoms with van der Waals surface area (Å²) in [6, 6.07) is 7.92. The number of hydrogen-bond acceptors (Lipinski definition) is 5. The Morgan fingerprint density at radius 3 is 3.05 bits per heavy atom. The van der Waals surface area contributed by atoms with Crippen LogP contribution in [0.25, 0.3) is 11.0 Å². The molecule has 1 aliphatic rings. The number of hydrogen-bond donors (Lipinski definition) is 4. The molecule has 1 aromatic carbocycles. The normalized spacial score (nSPS) is 17.6. The van der Waals surface area contributed by atoms with Gasteiger partial charge < -0.3 is 20.2 Å². The number of para-hydroxylation sites is 2. The van der Waals surface area contributed by atoms with Crippen molar-refractivity contribution in [2.45, 2.75) is 11.9 Å². The molecule has 0 aliphatic carbocycles. The molecule has 0 saturated carbocycles. The second-order valence-corrected chi connectivity index (χ2v) is 5.58. The Morgan fingerprint density at radius 1 is 1.32 bits per heavy atom. The molecule has 1 atom stereocenters. The van der Waals surface area contributed by atoms with Crippen LogP contribution < -0.4 is 10.2 Å². The Balaban J connectivity index is 1.56. The SMILES string of the molecule is O=C1NC(S)N(CCc2nc3ccccc3[nH]2)c2nc[nH]c21. The zero-order valence-corrected chi connectivity index (χ0v) is 12.5. The molecule has 1 unspecified atom stereocenters. The molecule has 2 aromatic heterocycles. The number of thiol groups is 1.